The maximum Gasteiger partial charge on any atom is 0.325 e. The van der Waals surface area contributed by atoms with Gasteiger partial charge in [0.15, 0.2) is 11.5 Å². The zero-order valence-electron chi connectivity index (χ0n) is 19.2. The highest BCUT2D eigenvalue weighted by atomic mass is 16.5. The molecule has 1 atom stereocenters. The van der Waals surface area contributed by atoms with E-state index >= 15 is 0 Å². The Labute approximate surface area is 196 Å². The van der Waals surface area contributed by atoms with E-state index in [2.05, 4.69) is 5.32 Å². The number of amides is 5. The zero-order valence-corrected chi connectivity index (χ0v) is 19.2. The predicted molar refractivity (Wildman–Crippen MR) is 121 cm³/mol. The Kier molecular flexibility index (Phi) is 5.90. The third kappa shape index (κ3) is 3.91. The van der Waals surface area contributed by atoms with Crippen LogP contribution in [0, 0.1) is 0 Å². The summed E-state index contributed by atoms with van der Waals surface area (Å²) in [5.41, 5.74) is 6.53. The monoisotopic (exact) mass is 466 g/mol. The molecule has 1 fully saturated rings. The maximum atomic E-state index is 13.2. The lowest BCUT2D eigenvalue weighted by molar-refractivity contribution is -0.139. The molecule has 2 aliphatic rings. The molecule has 0 aromatic heterocycles. The quantitative estimate of drug-likeness (QED) is 0.614. The lowest BCUT2D eigenvalue weighted by Gasteiger charge is -2.30. The molecule has 2 aromatic carbocycles. The number of hydrogen-bond acceptors (Lipinski definition) is 6. The number of rotatable bonds is 6. The minimum atomic E-state index is -1.42. The Morgan fingerprint density at radius 3 is 2.41 bits per heavy atom. The van der Waals surface area contributed by atoms with Crippen LogP contribution in [0.5, 0.6) is 11.5 Å². The topological polar surface area (TPSA) is 131 Å². The van der Waals surface area contributed by atoms with Crippen molar-refractivity contribution in [2.45, 2.75) is 25.4 Å². The molecule has 3 N–H and O–H groups in total. The summed E-state index contributed by atoms with van der Waals surface area (Å²) >= 11 is 0. The number of nitrogens with zero attached hydrogens (tertiary/aromatic N) is 2. The molecule has 5 amide bonds. The first kappa shape index (κ1) is 23.1. The number of fused-ring (bicyclic) bond motifs is 1. The molecule has 0 radical (unpaired) electrons. The summed E-state index contributed by atoms with van der Waals surface area (Å²) in [7, 11) is 3.11. The van der Waals surface area contributed by atoms with Crippen LogP contribution in [0.25, 0.3) is 0 Å². The van der Waals surface area contributed by atoms with Gasteiger partial charge in [0.1, 0.15) is 12.1 Å². The standard InChI is InChI=1S/C24H26N4O6/c1-24(17-6-4-5-15(9-17)21(25)30)22(31)28(23(32)26-24)13-20(29)27-8-7-14-10-18(33-2)19(34-3)11-16(14)12-27/h4-6,9-11H,7-8,12-13H2,1-3H3,(H2,25,30)(H,26,32)/t24-/m1/s1. The van der Waals surface area contributed by atoms with Gasteiger partial charge in [-0.3, -0.25) is 19.3 Å². The molecular formula is C24H26N4O6. The van der Waals surface area contributed by atoms with Crippen LogP contribution in [-0.2, 0) is 28.1 Å². The first-order chi connectivity index (χ1) is 16.2. The van der Waals surface area contributed by atoms with E-state index in [1.54, 1.807) is 31.3 Å². The Balaban J connectivity index is 1.51. The summed E-state index contributed by atoms with van der Waals surface area (Å²) in [5, 5.41) is 2.65. The van der Waals surface area contributed by atoms with Crippen LogP contribution in [0.1, 0.15) is 34.0 Å². The van der Waals surface area contributed by atoms with Crippen molar-refractivity contribution in [3.05, 3.63) is 58.7 Å². The molecule has 0 unspecified atom stereocenters. The average molecular weight is 466 g/mol. The van der Waals surface area contributed by atoms with Crippen LogP contribution in [0.2, 0.25) is 0 Å². The minimum absolute atomic E-state index is 0.217. The van der Waals surface area contributed by atoms with Crippen LogP contribution in [0.15, 0.2) is 36.4 Å². The van der Waals surface area contributed by atoms with Gasteiger partial charge in [-0.1, -0.05) is 12.1 Å². The first-order valence-electron chi connectivity index (χ1n) is 10.7. The second-order valence-electron chi connectivity index (χ2n) is 8.43. The number of carbonyl (C=O) groups is 4. The normalized spacial score (nSPS) is 19.5. The van der Waals surface area contributed by atoms with E-state index in [1.807, 2.05) is 12.1 Å². The van der Waals surface area contributed by atoms with Gasteiger partial charge in [0.2, 0.25) is 11.8 Å². The van der Waals surface area contributed by atoms with Crippen LogP contribution < -0.4 is 20.5 Å². The van der Waals surface area contributed by atoms with E-state index in [9.17, 15) is 19.2 Å². The maximum absolute atomic E-state index is 13.2. The van der Waals surface area contributed by atoms with Gasteiger partial charge in [0.05, 0.1) is 14.2 Å². The fourth-order valence-electron chi connectivity index (χ4n) is 4.35. The van der Waals surface area contributed by atoms with E-state index in [0.717, 1.165) is 16.0 Å². The molecule has 2 heterocycles. The van der Waals surface area contributed by atoms with Gasteiger partial charge in [0, 0.05) is 18.7 Å². The summed E-state index contributed by atoms with van der Waals surface area (Å²) in [6.45, 7) is 1.92. The molecule has 10 nitrogen and oxygen atoms in total. The average Bonchev–Trinajstić information content (AvgIpc) is 3.06. The number of urea groups is 1. The number of nitrogens with one attached hydrogen (secondary N) is 1. The van der Waals surface area contributed by atoms with Gasteiger partial charge in [0.25, 0.3) is 5.91 Å². The van der Waals surface area contributed by atoms with Gasteiger partial charge in [-0.25, -0.2) is 4.79 Å². The van der Waals surface area contributed by atoms with Crippen molar-refractivity contribution in [1.82, 2.24) is 15.1 Å². The van der Waals surface area contributed by atoms with Gasteiger partial charge in [-0.2, -0.15) is 0 Å². The van der Waals surface area contributed by atoms with Crippen LogP contribution >= 0.6 is 0 Å². The number of hydrogen-bond donors (Lipinski definition) is 2. The lowest BCUT2D eigenvalue weighted by Crippen LogP contribution is -2.45. The molecule has 10 heteroatoms. The summed E-state index contributed by atoms with van der Waals surface area (Å²) in [6.07, 6.45) is 0.610. The second kappa shape index (κ2) is 8.69. The molecule has 2 aliphatic heterocycles. The Hall–Kier alpha value is -4.08. The third-order valence-electron chi connectivity index (χ3n) is 6.36. The highest BCUT2D eigenvalue weighted by molar-refractivity contribution is 6.09. The van der Waals surface area contributed by atoms with E-state index in [1.165, 1.54) is 19.1 Å². The van der Waals surface area contributed by atoms with E-state index < -0.39 is 29.9 Å². The summed E-state index contributed by atoms with van der Waals surface area (Å²) in [5.74, 6) is -0.372. The Morgan fingerprint density at radius 2 is 1.76 bits per heavy atom. The van der Waals surface area contributed by atoms with E-state index in [-0.39, 0.29) is 11.5 Å². The fourth-order valence-corrected chi connectivity index (χ4v) is 4.35. The van der Waals surface area contributed by atoms with Gasteiger partial charge in [-0.15, -0.1) is 0 Å². The smallest absolute Gasteiger partial charge is 0.325 e. The minimum Gasteiger partial charge on any atom is -0.493 e. The van der Waals surface area contributed by atoms with Crippen molar-refractivity contribution in [1.29, 1.82) is 0 Å². The largest absolute Gasteiger partial charge is 0.493 e. The highest BCUT2D eigenvalue weighted by Crippen LogP contribution is 2.34. The molecular weight excluding hydrogens is 440 g/mol. The summed E-state index contributed by atoms with van der Waals surface area (Å²) in [4.78, 5) is 53.0. The van der Waals surface area contributed by atoms with E-state index in [4.69, 9.17) is 15.2 Å². The fraction of sp³-hybridized carbons (Fsp3) is 0.333. The molecule has 0 aliphatic carbocycles. The SMILES string of the molecule is COc1cc2c(cc1OC)CN(C(=O)CN1C(=O)N[C@](C)(c3cccc(C(N)=O)c3)C1=O)CC2. The van der Waals surface area contributed by atoms with Gasteiger partial charge >= 0.3 is 6.03 Å². The molecule has 34 heavy (non-hydrogen) atoms. The zero-order chi connectivity index (χ0) is 24.6. The Bertz CT molecular complexity index is 1200. The molecule has 0 saturated carbocycles. The third-order valence-corrected chi connectivity index (χ3v) is 6.36. The summed E-state index contributed by atoms with van der Waals surface area (Å²) < 4.78 is 10.7. The van der Waals surface area contributed by atoms with Crippen molar-refractivity contribution >= 4 is 23.8 Å². The van der Waals surface area contributed by atoms with Crippen molar-refractivity contribution in [3.8, 4) is 11.5 Å². The molecule has 178 valence electrons. The predicted octanol–water partition coefficient (Wildman–Crippen LogP) is 1.15. The Morgan fingerprint density at radius 1 is 1.09 bits per heavy atom. The number of carbonyl (C=O) groups excluding carboxylic acids is 4. The van der Waals surface area contributed by atoms with Crippen LogP contribution in [0.4, 0.5) is 4.79 Å². The van der Waals surface area contributed by atoms with Crippen molar-refractivity contribution < 1.29 is 28.7 Å². The van der Waals surface area contributed by atoms with E-state index in [0.29, 0.717) is 36.6 Å². The van der Waals surface area contributed by atoms with Crippen LogP contribution in [0.3, 0.4) is 0 Å². The number of methoxy groups -OCH3 is 2. The van der Waals surface area contributed by atoms with Crippen molar-refractivity contribution in [2.75, 3.05) is 27.3 Å². The first-order valence-corrected chi connectivity index (χ1v) is 10.7. The van der Waals surface area contributed by atoms with Crippen LogP contribution in [-0.4, -0.2) is 60.9 Å². The van der Waals surface area contributed by atoms with Crippen molar-refractivity contribution in [2.24, 2.45) is 5.73 Å². The number of nitrogens with two attached hydrogens (primary N) is 1. The van der Waals surface area contributed by atoms with Gasteiger partial charge in [-0.05, 0) is 54.3 Å². The summed E-state index contributed by atoms with van der Waals surface area (Å²) in [6, 6.07) is 9.27. The molecule has 1 saturated heterocycles. The number of ether oxygens (including phenoxy) is 2. The molecule has 0 bridgehead atoms. The molecule has 2 aromatic rings. The second-order valence-corrected chi connectivity index (χ2v) is 8.43. The highest BCUT2D eigenvalue weighted by Gasteiger charge is 2.50. The molecule has 0 spiro atoms. The van der Waals surface area contributed by atoms with Crippen molar-refractivity contribution in [3.63, 3.8) is 0 Å². The number of benzene rings is 2. The van der Waals surface area contributed by atoms with Gasteiger partial charge < -0.3 is 25.4 Å². The number of primary amides is 1. The number of imide groups is 1. The lowest BCUT2D eigenvalue weighted by atomic mass is 9.90. The molecule has 4 rings (SSSR count).